The van der Waals surface area contributed by atoms with Gasteiger partial charge < -0.3 is 19.6 Å². The van der Waals surface area contributed by atoms with Crippen molar-refractivity contribution < 1.29 is 14.6 Å². The zero-order chi connectivity index (χ0) is 16.2. The number of carbonyl (C=O) groups excluding carboxylic acids is 1. The fourth-order valence-electron chi connectivity index (χ4n) is 3.39. The monoisotopic (exact) mass is 312 g/mol. The number of carbonyl (C=O) groups is 1. The topological polar surface area (TPSA) is 53.0 Å². The van der Waals surface area contributed by atoms with Crippen molar-refractivity contribution in [2.75, 3.05) is 32.7 Å². The first kappa shape index (κ1) is 17.5. The molecule has 1 amide bonds. The van der Waals surface area contributed by atoms with E-state index in [9.17, 15) is 9.90 Å². The number of rotatable bonds is 3. The minimum Gasteiger partial charge on any atom is -0.444 e. The number of β-amino-alcohol motifs (C(OH)–C–C–N with tert-alkyl or cyclic N) is 1. The molecule has 2 fully saturated rings. The molecule has 22 heavy (non-hydrogen) atoms. The average Bonchev–Trinajstić information content (AvgIpc) is 2.44. The lowest BCUT2D eigenvalue weighted by molar-refractivity contribution is 0.0148. The van der Waals surface area contributed by atoms with E-state index in [0.29, 0.717) is 5.92 Å². The first-order valence-electron chi connectivity index (χ1n) is 8.72. The molecule has 2 saturated heterocycles. The van der Waals surface area contributed by atoms with Crippen LogP contribution >= 0.6 is 0 Å². The molecular weight excluding hydrogens is 280 g/mol. The fraction of sp³-hybridized carbons (Fsp3) is 0.941. The smallest absolute Gasteiger partial charge is 0.410 e. The third kappa shape index (κ3) is 5.76. The Morgan fingerprint density at radius 1 is 1.18 bits per heavy atom. The number of nitrogens with zero attached hydrogens (tertiary/aromatic N) is 2. The van der Waals surface area contributed by atoms with Crippen molar-refractivity contribution in [3.8, 4) is 0 Å². The van der Waals surface area contributed by atoms with Crippen LogP contribution in [0.4, 0.5) is 4.79 Å². The zero-order valence-electron chi connectivity index (χ0n) is 14.4. The second kappa shape index (κ2) is 7.64. The quantitative estimate of drug-likeness (QED) is 0.870. The van der Waals surface area contributed by atoms with Gasteiger partial charge in [-0.25, -0.2) is 4.79 Å². The van der Waals surface area contributed by atoms with Crippen LogP contribution in [0.1, 0.15) is 52.9 Å². The Labute approximate surface area is 134 Å². The predicted octanol–water partition coefficient (Wildman–Crippen LogP) is 2.48. The molecule has 5 nitrogen and oxygen atoms in total. The van der Waals surface area contributed by atoms with Gasteiger partial charge in [-0.3, -0.25) is 0 Å². The number of amides is 1. The number of likely N-dealkylation sites (tertiary alicyclic amines) is 2. The summed E-state index contributed by atoms with van der Waals surface area (Å²) in [5.41, 5.74) is -0.423. The van der Waals surface area contributed by atoms with E-state index in [1.54, 1.807) is 0 Å². The van der Waals surface area contributed by atoms with E-state index in [4.69, 9.17) is 4.74 Å². The molecule has 0 radical (unpaired) electrons. The van der Waals surface area contributed by atoms with Gasteiger partial charge in [0.15, 0.2) is 0 Å². The molecule has 0 aromatic heterocycles. The normalized spacial score (nSPS) is 27.7. The van der Waals surface area contributed by atoms with Crippen LogP contribution in [0.25, 0.3) is 0 Å². The minimum absolute atomic E-state index is 0.154. The molecule has 0 saturated carbocycles. The van der Waals surface area contributed by atoms with Gasteiger partial charge in [-0.1, -0.05) is 0 Å². The van der Waals surface area contributed by atoms with Crippen molar-refractivity contribution in [1.82, 2.24) is 9.80 Å². The molecule has 2 aliphatic heterocycles. The maximum Gasteiger partial charge on any atom is 0.410 e. The molecule has 0 aromatic rings. The molecule has 2 aliphatic rings. The molecule has 0 aliphatic carbocycles. The van der Waals surface area contributed by atoms with Crippen LogP contribution in [-0.4, -0.2) is 65.4 Å². The van der Waals surface area contributed by atoms with Gasteiger partial charge in [0, 0.05) is 19.6 Å². The largest absolute Gasteiger partial charge is 0.444 e. The lowest BCUT2D eigenvalue weighted by atomic mass is 9.94. The zero-order valence-corrected chi connectivity index (χ0v) is 14.4. The molecule has 2 rings (SSSR count). The molecule has 0 bridgehead atoms. The van der Waals surface area contributed by atoms with E-state index in [0.717, 1.165) is 58.4 Å². The van der Waals surface area contributed by atoms with E-state index in [-0.39, 0.29) is 12.2 Å². The minimum atomic E-state index is -0.423. The third-order valence-electron chi connectivity index (χ3n) is 4.50. The van der Waals surface area contributed by atoms with Gasteiger partial charge in [0.1, 0.15) is 5.60 Å². The molecular formula is C17H32N2O3. The summed E-state index contributed by atoms with van der Waals surface area (Å²) in [6.07, 6.45) is 5.06. The molecule has 2 heterocycles. The Morgan fingerprint density at radius 3 is 2.59 bits per heavy atom. The van der Waals surface area contributed by atoms with Gasteiger partial charge in [-0.15, -0.1) is 0 Å². The van der Waals surface area contributed by atoms with Crippen LogP contribution < -0.4 is 0 Å². The van der Waals surface area contributed by atoms with E-state index < -0.39 is 5.60 Å². The van der Waals surface area contributed by atoms with Gasteiger partial charge in [0.2, 0.25) is 0 Å². The number of aliphatic hydroxyl groups is 1. The number of hydrogen-bond acceptors (Lipinski definition) is 4. The van der Waals surface area contributed by atoms with E-state index in [1.807, 2.05) is 25.7 Å². The highest BCUT2D eigenvalue weighted by atomic mass is 16.6. The van der Waals surface area contributed by atoms with Gasteiger partial charge in [-0.05, 0) is 71.9 Å². The SMILES string of the molecule is CC(C)(C)OC(=O)N1CCC[C@H](CCN2CCC[C@H](O)C2)C1. The van der Waals surface area contributed by atoms with Gasteiger partial charge in [-0.2, -0.15) is 0 Å². The van der Waals surface area contributed by atoms with Crippen molar-refractivity contribution >= 4 is 6.09 Å². The maximum absolute atomic E-state index is 12.2. The maximum atomic E-state index is 12.2. The highest BCUT2D eigenvalue weighted by Gasteiger charge is 2.28. The molecule has 1 N–H and O–H groups in total. The summed E-state index contributed by atoms with van der Waals surface area (Å²) in [4.78, 5) is 16.4. The summed E-state index contributed by atoms with van der Waals surface area (Å²) >= 11 is 0. The van der Waals surface area contributed by atoms with Crippen molar-refractivity contribution in [2.45, 2.75) is 64.6 Å². The summed E-state index contributed by atoms with van der Waals surface area (Å²) < 4.78 is 5.48. The Morgan fingerprint density at radius 2 is 1.91 bits per heavy atom. The van der Waals surface area contributed by atoms with Gasteiger partial charge in [0.05, 0.1) is 6.10 Å². The first-order chi connectivity index (χ1) is 10.3. The average molecular weight is 312 g/mol. The van der Waals surface area contributed by atoms with Crippen LogP contribution in [0, 0.1) is 5.92 Å². The first-order valence-corrected chi connectivity index (χ1v) is 8.72. The van der Waals surface area contributed by atoms with Crippen LogP contribution in [0.3, 0.4) is 0 Å². The summed E-state index contributed by atoms with van der Waals surface area (Å²) in [5.74, 6) is 0.556. The molecule has 0 spiro atoms. The third-order valence-corrected chi connectivity index (χ3v) is 4.50. The van der Waals surface area contributed by atoms with Gasteiger partial charge >= 0.3 is 6.09 Å². The van der Waals surface area contributed by atoms with Crippen LogP contribution in [-0.2, 0) is 4.74 Å². The highest BCUT2D eigenvalue weighted by Crippen LogP contribution is 2.22. The van der Waals surface area contributed by atoms with Crippen LogP contribution in [0.5, 0.6) is 0 Å². The molecule has 5 heteroatoms. The van der Waals surface area contributed by atoms with E-state index in [1.165, 1.54) is 6.42 Å². The Kier molecular flexibility index (Phi) is 6.09. The molecule has 2 atom stereocenters. The molecule has 128 valence electrons. The van der Waals surface area contributed by atoms with Crippen molar-refractivity contribution in [3.05, 3.63) is 0 Å². The number of piperidine rings is 2. The van der Waals surface area contributed by atoms with Gasteiger partial charge in [0.25, 0.3) is 0 Å². The molecule has 0 aromatic carbocycles. The lowest BCUT2D eigenvalue weighted by Gasteiger charge is -2.36. The fourth-order valence-corrected chi connectivity index (χ4v) is 3.39. The lowest BCUT2D eigenvalue weighted by Crippen LogP contribution is -2.44. The van der Waals surface area contributed by atoms with Crippen LogP contribution in [0.15, 0.2) is 0 Å². The summed E-state index contributed by atoms with van der Waals surface area (Å²) in [6, 6.07) is 0. The van der Waals surface area contributed by atoms with Crippen LogP contribution in [0.2, 0.25) is 0 Å². The summed E-state index contributed by atoms with van der Waals surface area (Å²) in [7, 11) is 0. The highest BCUT2D eigenvalue weighted by molar-refractivity contribution is 5.68. The summed E-state index contributed by atoms with van der Waals surface area (Å²) in [6.45, 7) is 10.3. The number of ether oxygens (including phenoxy) is 1. The second-order valence-corrected chi connectivity index (χ2v) is 7.82. The Bertz CT molecular complexity index is 367. The number of aliphatic hydroxyl groups excluding tert-OH is 1. The van der Waals surface area contributed by atoms with Crippen molar-refractivity contribution in [1.29, 1.82) is 0 Å². The van der Waals surface area contributed by atoms with Crippen molar-refractivity contribution in [2.24, 2.45) is 5.92 Å². The Hall–Kier alpha value is -0.810. The van der Waals surface area contributed by atoms with E-state index in [2.05, 4.69) is 4.90 Å². The standard InChI is InChI=1S/C17H32N2O3/c1-17(2,3)22-16(21)19-10-4-6-14(12-19)8-11-18-9-5-7-15(20)13-18/h14-15,20H,4-13H2,1-3H3/t14-,15+/m1/s1. The summed E-state index contributed by atoms with van der Waals surface area (Å²) in [5, 5.41) is 9.73. The van der Waals surface area contributed by atoms with E-state index >= 15 is 0 Å². The predicted molar refractivity (Wildman–Crippen MR) is 86.8 cm³/mol. The Balaban J connectivity index is 1.74. The number of hydrogen-bond donors (Lipinski definition) is 1. The van der Waals surface area contributed by atoms with Crippen molar-refractivity contribution in [3.63, 3.8) is 0 Å². The molecule has 0 unspecified atom stereocenters. The second-order valence-electron chi connectivity index (χ2n) is 7.82.